The average molecular weight is 317 g/mol. The predicted octanol–water partition coefficient (Wildman–Crippen LogP) is 1.78. The summed E-state index contributed by atoms with van der Waals surface area (Å²) in [6.45, 7) is 3.25. The zero-order chi connectivity index (χ0) is 17.1. The molecule has 0 saturated heterocycles. The number of aliphatic carboxylic acids is 1. The number of carboxylic acids is 1. The van der Waals surface area contributed by atoms with Crippen molar-refractivity contribution in [3.05, 3.63) is 41.2 Å². The molecular weight excluding hydrogens is 298 g/mol. The maximum atomic E-state index is 12.7. The van der Waals surface area contributed by atoms with Crippen LogP contribution >= 0.6 is 0 Å². The van der Waals surface area contributed by atoms with Crippen LogP contribution in [0.4, 0.5) is 5.69 Å². The van der Waals surface area contributed by atoms with E-state index in [9.17, 15) is 9.59 Å². The number of nitrogens with zero attached hydrogens (tertiary/aromatic N) is 3. The third-order valence-corrected chi connectivity index (χ3v) is 3.61. The number of ether oxygens (including phenoxy) is 1. The SMILES string of the molecule is Cc1nn(C)c(C)c1C(=O)N(C)c1ccc(OCC(=O)O)cc1. The number of carboxylic acid groups (broad SMARTS) is 1. The fraction of sp³-hybridized carbons (Fsp3) is 0.312. The summed E-state index contributed by atoms with van der Waals surface area (Å²) in [5.74, 6) is -0.748. The number of benzene rings is 1. The number of amides is 1. The summed E-state index contributed by atoms with van der Waals surface area (Å²) in [4.78, 5) is 24.7. The third-order valence-electron chi connectivity index (χ3n) is 3.61. The Morgan fingerprint density at radius 1 is 1.26 bits per heavy atom. The van der Waals surface area contributed by atoms with Crippen molar-refractivity contribution in [2.24, 2.45) is 7.05 Å². The molecule has 0 aliphatic carbocycles. The molecule has 2 aromatic rings. The van der Waals surface area contributed by atoms with Gasteiger partial charge < -0.3 is 14.7 Å². The lowest BCUT2D eigenvalue weighted by Crippen LogP contribution is -2.27. The number of rotatable bonds is 5. The van der Waals surface area contributed by atoms with E-state index >= 15 is 0 Å². The van der Waals surface area contributed by atoms with Crippen molar-refractivity contribution in [2.75, 3.05) is 18.6 Å². The first kappa shape index (κ1) is 16.5. The largest absolute Gasteiger partial charge is 0.482 e. The number of aromatic nitrogens is 2. The molecule has 0 atom stereocenters. The van der Waals surface area contributed by atoms with E-state index in [1.165, 1.54) is 4.90 Å². The number of carbonyl (C=O) groups is 2. The Balaban J connectivity index is 2.18. The van der Waals surface area contributed by atoms with Gasteiger partial charge in [-0.2, -0.15) is 5.10 Å². The zero-order valence-electron chi connectivity index (χ0n) is 13.5. The van der Waals surface area contributed by atoms with E-state index in [4.69, 9.17) is 9.84 Å². The van der Waals surface area contributed by atoms with Gasteiger partial charge >= 0.3 is 5.97 Å². The van der Waals surface area contributed by atoms with E-state index in [0.717, 1.165) is 5.69 Å². The average Bonchev–Trinajstić information content (AvgIpc) is 2.77. The second-order valence-electron chi connectivity index (χ2n) is 5.21. The maximum Gasteiger partial charge on any atom is 0.341 e. The van der Waals surface area contributed by atoms with E-state index in [2.05, 4.69) is 5.10 Å². The first-order valence-electron chi connectivity index (χ1n) is 7.04. The fourth-order valence-electron chi connectivity index (χ4n) is 2.28. The Morgan fingerprint density at radius 2 is 1.87 bits per heavy atom. The van der Waals surface area contributed by atoms with Gasteiger partial charge in [0, 0.05) is 25.5 Å². The van der Waals surface area contributed by atoms with Crippen LogP contribution < -0.4 is 9.64 Å². The Hall–Kier alpha value is -2.83. The zero-order valence-corrected chi connectivity index (χ0v) is 13.5. The highest BCUT2D eigenvalue weighted by Crippen LogP contribution is 2.22. The highest BCUT2D eigenvalue weighted by atomic mass is 16.5. The van der Waals surface area contributed by atoms with Crippen LogP contribution in [0, 0.1) is 13.8 Å². The molecule has 0 unspecified atom stereocenters. The van der Waals surface area contributed by atoms with Gasteiger partial charge in [0.1, 0.15) is 5.75 Å². The summed E-state index contributed by atoms with van der Waals surface area (Å²) in [5, 5.41) is 12.8. The maximum absolute atomic E-state index is 12.7. The van der Waals surface area contributed by atoms with Crippen molar-refractivity contribution in [2.45, 2.75) is 13.8 Å². The lowest BCUT2D eigenvalue weighted by Gasteiger charge is -2.18. The van der Waals surface area contributed by atoms with Gasteiger partial charge in [-0.15, -0.1) is 0 Å². The third kappa shape index (κ3) is 3.50. The number of hydrogen-bond acceptors (Lipinski definition) is 4. The molecule has 7 heteroatoms. The second kappa shape index (κ2) is 6.51. The van der Waals surface area contributed by atoms with Crippen molar-refractivity contribution in [3.8, 4) is 5.75 Å². The summed E-state index contributed by atoms with van der Waals surface area (Å²) in [6.07, 6.45) is 0. The minimum absolute atomic E-state index is 0.146. The molecule has 0 spiro atoms. The molecule has 0 radical (unpaired) electrons. The topological polar surface area (TPSA) is 84.7 Å². The first-order valence-corrected chi connectivity index (χ1v) is 7.04. The second-order valence-corrected chi connectivity index (χ2v) is 5.21. The smallest absolute Gasteiger partial charge is 0.341 e. The van der Waals surface area contributed by atoms with Gasteiger partial charge in [-0.25, -0.2) is 4.79 Å². The van der Waals surface area contributed by atoms with Crippen molar-refractivity contribution in [1.29, 1.82) is 0 Å². The summed E-state index contributed by atoms with van der Waals surface area (Å²) >= 11 is 0. The molecule has 0 fully saturated rings. The Bertz CT molecular complexity index is 735. The molecule has 1 aromatic heterocycles. The van der Waals surface area contributed by atoms with Gasteiger partial charge in [-0.3, -0.25) is 9.48 Å². The molecule has 0 saturated carbocycles. The highest BCUT2D eigenvalue weighted by Gasteiger charge is 2.21. The van der Waals surface area contributed by atoms with E-state index in [-0.39, 0.29) is 5.91 Å². The van der Waals surface area contributed by atoms with Gasteiger partial charge in [-0.1, -0.05) is 0 Å². The lowest BCUT2D eigenvalue weighted by molar-refractivity contribution is -0.139. The first-order chi connectivity index (χ1) is 10.8. The Kier molecular flexibility index (Phi) is 4.68. The summed E-state index contributed by atoms with van der Waals surface area (Å²) < 4.78 is 6.75. The summed E-state index contributed by atoms with van der Waals surface area (Å²) in [5.41, 5.74) is 2.76. The van der Waals surface area contributed by atoms with Crippen LogP contribution in [0.5, 0.6) is 5.75 Å². The quantitative estimate of drug-likeness (QED) is 0.908. The van der Waals surface area contributed by atoms with Crippen LogP contribution in [-0.2, 0) is 11.8 Å². The number of hydrogen-bond donors (Lipinski definition) is 1. The van der Waals surface area contributed by atoms with Gasteiger partial charge in [0.2, 0.25) is 0 Å². The van der Waals surface area contributed by atoms with Crippen LogP contribution in [-0.4, -0.2) is 40.4 Å². The molecule has 1 aromatic carbocycles. The van der Waals surface area contributed by atoms with E-state index in [1.807, 2.05) is 6.92 Å². The molecule has 0 bridgehead atoms. The van der Waals surface area contributed by atoms with E-state index in [1.54, 1.807) is 50.0 Å². The minimum Gasteiger partial charge on any atom is -0.482 e. The van der Waals surface area contributed by atoms with Crippen LogP contribution in [0.15, 0.2) is 24.3 Å². The molecule has 1 heterocycles. The molecule has 0 aliphatic heterocycles. The molecule has 1 N–H and O–H groups in total. The van der Waals surface area contributed by atoms with Crippen molar-refractivity contribution in [1.82, 2.24) is 9.78 Å². The number of aryl methyl sites for hydroxylation is 2. The van der Waals surface area contributed by atoms with E-state index in [0.29, 0.717) is 22.7 Å². The molecule has 0 aliphatic rings. The monoisotopic (exact) mass is 317 g/mol. The van der Waals surface area contributed by atoms with Crippen molar-refractivity contribution in [3.63, 3.8) is 0 Å². The standard InChI is InChI=1S/C16H19N3O4/c1-10-15(11(2)19(4)17-10)16(22)18(3)12-5-7-13(8-6-12)23-9-14(20)21/h5-8H,9H2,1-4H3,(H,20,21). The lowest BCUT2D eigenvalue weighted by atomic mass is 10.1. The Labute approximate surface area is 134 Å². The van der Waals surface area contributed by atoms with Crippen LogP contribution in [0.2, 0.25) is 0 Å². The number of carbonyl (C=O) groups excluding carboxylic acids is 1. The molecule has 23 heavy (non-hydrogen) atoms. The summed E-state index contributed by atoms with van der Waals surface area (Å²) in [6, 6.07) is 6.67. The van der Waals surface area contributed by atoms with Crippen LogP contribution in [0.3, 0.4) is 0 Å². The van der Waals surface area contributed by atoms with Gasteiger partial charge in [0.15, 0.2) is 6.61 Å². The number of anilines is 1. The van der Waals surface area contributed by atoms with Gasteiger partial charge in [0.05, 0.1) is 11.3 Å². The highest BCUT2D eigenvalue weighted by molar-refractivity contribution is 6.07. The van der Waals surface area contributed by atoms with E-state index < -0.39 is 12.6 Å². The minimum atomic E-state index is -1.04. The molecule has 1 amide bonds. The molecule has 122 valence electrons. The van der Waals surface area contributed by atoms with Crippen molar-refractivity contribution >= 4 is 17.6 Å². The van der Waals surface area contributed by atoms with Crippen LogP contribution in [0.25, 0.3) is 0 Å². The van der Waals surface area contributed by atoms with Gasteiger partial charge in [0.25, 0.3) is 5.91 Å². The molecule has 2 rings (SSSR count). The van der Waals surface area contributed by atoms with Crippen molar-refractivity contribution < 1.29 is 19.4 Å². The molecule has 7 nitrogen and oxygen atoms in total. The summed E-state index contributed by atoms with van der Waals surface area (Å²) in [7, 11) is 3.48. The predicted molar refractivity (Wildman–Crippen MR) is 85.0 cm³/mol. The van der Waals surface area contributed by atoms with Gasteiger partial charge in [-0.05, 0) is 38.1 Å². The fourth-order valence-corrected chi connectivity index (χ4v) is 2.28. The normalized spacial score (nSPS) is 10.4. The molecular formula is C16H19N3O4. The Morgan fingerprint density at radius 3 is 2.35 bits per heavy atom. The van der Waals surface area contributed by atoms with Crippen LogP contribution in [0.1, 0.15) is 21.7 Å².